The van der Waals surface area contributed by atoms with Gasteiger partial charge in [0.15, 0.2) is 6.17 Å². The molecule has 1 aliphatic heterocycles. The molecule has 1 N–H and O–H groups in total. The molecule has 1 amide bonds. The molecule has 0 bridgehead atoms. The number of amides is 1. The van der Waals surface area contributed by atoms with Crippen molar-refractivity contribution in [3.63, 3.8) is 0 Å². The lowest BCUT2D eigenvalue weighted by molar-refractivity contribution is -0.935. The molecule has 174 valence electrons. The van der Waals surface area contributed by atoms with Crippen LogP contribution in [0.5, 0.6) is 0 Å². The summed E-state index contributed by atoms with van der Waals surface area (Å²) in [5.74, 6) is 0.0688. The van der Waals surface area contributed by atoms with Gasteiger partial charge in [0, 0.05) is 13.3 Å². The van der Waals surface area contributed by atoms with Gasteiger partial charge in [-0.25, -0.2) is 4.99 Å². The lowest BCUT2D eigenvalue weighted by Gasteiger charge is -2.38. The van der Waals surface area contributed by atoms with Crippen LogP contribution in [0.2, 0.25) is 0 Å². The van der Waals surface area contributed by atoms with E-state index >= 15 is 0 Å². The Balaban J connectivity index is 2.00. The number of hydrogen-bond acceptors (Lipinski definition) is 2. The number of unbranched alkanes of at least 4 members (excludes halogenated alkanes) is 11. The zero-order valence-corrected chi connectivity index (χ0v) is 20.3. The topological polar surface area (TPSA) is 41.5 Å². The van der Waals surface area contributed by atoms with E-state index in [1.807, 2.05) is 0 Å². The molecule has 1 heterocycles. The molecule has 2 atom stereocenters. The first-order chi connectivity index (χ1) is 14.6. The maximum Gasteiger partial charge on any atom is 0.217 e. The van der Waals surface area contributed by atoms with E-state index in [1.165, 1.54) is 89.9 Å². The molecule has 0 aromatic carbocycles. The first-order valence-electron chi connectivity index (χ1n) is 12.9. The summed E-state index contributed by atoms with van der Waals surface area (Å²) in [6.07, 6.45) is 26.0. The number of rotatable bonds is 19. The quantitative estimate of drug-likeness (QED) is 0.146. The smallest absolute Gasteiger partial charge is 0.217 e. The SMILES string of the molecule is CCCCCC/C=C/CCCCCCCCCC1N=CC[N+]1(CC)CCNC(C)=O. The summed E-state index contributed by atoms with van der Waals surface area (Å²) in [4.78, 5) is 16.0. The van der Waals surface area contributed by atoms with Crippen molar-refractivity contribution in [1.82, 2.24) is 5.32 Å². The number of quaternary nitrogens is 1. The van der Waals surface area contributed by atoms with E-state index in [2.05, 4.69) is 37.5 Å². The number of likely N-dealkylation sites (N-methyl/N-ethyl adjacent to an activating group) is 1. The maximum absolute atomic E-state index is 11.2. The second-order valence-electron chi connectivity index (χ2n) is 9.11. The number of hydrogen-bond donors (Lipinski definition) is 1. The fourth-order valence-electron chi connectivity index (χ4n) is 4.53. The molecule has 0 aliphatic carbocycles. The lowest BCUT2D eigenvalue weighted by atomic mass is 10.1. The van der Waals surface area contributed by atoms with Crippen molar-refractivity contribution in [2.75, 3.05) is 26.2 Å². The van der Waals surface area contributed by atoms with Gasteiger partial charge in [-0.2, -0.15) is 0 Å². The van der Waals surface area contributed by atoms with Gasteiger partial charge in [0.2, 0.25) is 5.91 Å². The van der Waals surface area contributed by atoms with Gasteiger partial charge < -0.3 is 5.32 Å². The Morgan fingerprint density at radius 1 is 0.967 bits per heavy atom. The molecule has 0 saturated heterocycles. The Hall–Kier alpha value is -1.16. The zero-order chi connectivity index (χ0) is 21.9. The van der Waals surface area contributed by atoms with Crippen LogP contribution >= 0.6 is 0 Å². The summed E-state index contributed by atoms with van der Waals surface area (Å²) in [5, 5.41) is 2.96. The summed E-state index contributed by atoms with van der Waals surface area (Å²) in [6, 6.07) is 0. The fraction of sp³-hybridized carbons (Fsp3) is 0.846. The van der Waals surface area contributed by atoms with Crippen molar-refractivity contribution in [2.45, 2.75) is 117 Å². The first-order valence-corrected chi connectivity index (χ1v) is 12.9. The van der Waals surface area contributed by atoms with Gasteiger partial charge in [0.1, 0.15) is 6.54 Å². The van der Waals surface area contributed by atoms with Crippen LogP contribution < -0.4 is 5.32 Å². The zero-order valence-electron chi connectivity index (χ0n) is 20.3. The highest BCUT2D eigenvalue weighted by atomic mass is 16.1. The molecule has 30 heavy (non-hydrogen) atoms. The van der Waals surface area contributed by atoms with Crippen LogP contribution in [-0.2, 0) is 4.79 Å². The Bertz CT molecular complexity index is 489. The molecule has 0 fully saturated rings. The van der Waals surface area contributed by atoms with E-state index in [0.717, 1.165) is 30.7 Å². The largest absolute Gasteiger partial charge is 0.351 e. The molecule has 1 rings (SSSR count). The predicted molar refractivity (Wildman–Crippen MR) is 131 cm³/mol. The molecule has 4 heteroatoms. The van der Waals surface area contributed by atoms with E-state index in [-0.39, 0.29) is 5.91 Å². The van der Waals surface area contributed by atoms with Crippen LogP contribution in [0.3, 0.4) is 0 Å². The first kappa shape index (κ1) is 26.9. The number of nitrogens with zero attached hydrogens (tertiary/aromatic N) is 2. The minimum atomic E-state index is 0.0688. The van der Waals surface area contributed by atoms with Crippen LogP contribution in [0.15, 0.2) is 17.1 Å². The van der Waals surface area contributed by atoms with Crippen LogP contribution in [0, 0.1) is 0 Å². The van der Waals surface area contributed by atoms with Gasteiger partial charge in [-0.1, -0.05) is 70.4 Å². The summed E-state index contributed by atoms with van der Waals surface area (Å²) >= 11 is 0. The average Bonchev–Trinajstić information content (AvgIpc) is 3.13. The Morgan fingerprint density at radius 3 is 2.17 bits per heavy atom. The van der Waals surface area contributed by atoms with Crippen molar-refractivity contribution < 1.29 is 9.28 Å². The van der Waals surface area contributed by atoms with Gasteiger partial charge in [-0.05, 0) is 39.0 Å². The van der Waals surface area contributed by atoms with Crippen LogP contribution in [0.25, 0.3) is 0 Å². The summed E-state index contributed by atoms with van der Waals surface area (Å²) in [5.41, 5.74) is 0. The van der Waals surface area contributed by atoms with Gasteiger partial charge in [0.25, 0.3) is 0 Å². The van der Waals surface area contributed by atoms with Crippen molar-refractivity contribution >= 4 is 12.1 Å². The number of nitrogens with one attached hydrogen (secondary N) is 1. The highest BCUT2D eigenvalue weighted by molar-refractivity contribution is 5.72. The van der Waals surface area contributed by atoms with Gasteiger partial charge in [0.05, 0.1) is 25.8 Å². The molecule has 4 nitrogen and oxygen atoms in total. The van der Waals surface area contributed by atoms with Gasteiger partial charge in [-0.15, -0.1) is 0 Å². The van der Waals surface area contributed by atoms with E-state index in [0.29, 0.717) is 6.17 Å². The second-order valence-corrected chi connectivity index (χ2v) is 9.11. The maximum atomic E-state index is 11.2. The summed E-state index contributed by atoms with van der Waals surface area (Å²) < 4.78 is 1.02. The van der Waals surface area contributed by atoms with Crippen LogP contribution in [0.4, 0.5) is 0 Å². The normalized spacial score (nSPS) is 21.0. The van der Waals surface area contributed by atoms with Crippen LogP contribution in [-0.4, -0.2) is 48.9 Å². The Morgan fingerprint density at radius 2 is 1.57 bits per heavy atom. The molecule has 0 aromatic rings. The van der Waals surface area contributed by atoms with Crippen molar-refractivity contribution in [2.24, 2.45) is 4.99 Å². The van der Waals surface area contributed by atoms with E-state index < -0.39 is 0 Å². The van der Waals surface area contributed by atoms with Gasteiger partial charge >= 0.3 is 0 Å². The third kappa shape index (κ3) is 11.9. The number of carbonyl (C=O) groups excluding carboxylic acids is 1. The third-order valence-electron chi connectivity index (χ3n) is 6.64. The van der Waals surface area contributed by atoms with E-state index in [9.17, 15) is 4.79 Å². The summed E-state index contributed by atoms with van der Waals surface area (Å²) in [6.45, 7) is 10.0. The minimum absolute atomic E-state index is 0.0688. The molecular weight excluding hydrogens is 370 g/mol. The minimum Gasteiger partial charge on any atom is -0.351 e. The molecule has 0 radical (unpaired) electrons. The molecule has 0 spiro atoms. The van der Waals surface area contributed by atoms with Gasteiger partial charge in [-0.3, -0.25) is 9.28 Å². The standard InChI is InChI=1S/C26H49N3O/c1-4-6-7-8-9-10-11-12-13-14-15-16-17-18-19-20-26-28-22-24-29(26,5-2)23-21-27-25(3)30/h10-11,22,26H,4-9,12-21,23-24H2,1-3H3/p+1/b11-10+. The Kier molecular flexibility index (Phi) is 15.7. The Labute approximate surface area is 187 Å². The number of aliphatic imine (C=N–C) groups is 1. The fourth-order valence-corrected chi connectivity index (χ4v) is 4.53. The van der Waals surface area contributed by atoms with Crippen molar-refractivity contribution in [3.8, 4) is 0 Å². The molecule has 0 saturated carbocycles. The van der Waals surface area contributed by atoms with Crippen molar-refractivity contribution in [3.05, 3.63) is 12.2 Å². The molecule has 2 unspecified atom stereocenters. The van der Waals surface area contributed by atoms with E-state index in [4.69, 9.17) is 4.99 Å². The van der Waals surface area contributed by atoms with Crippen LogP contribution in [0.1, 0.15) is 111 Å². The molecular formula is C26H50N3O+. The molecule has 1 aliphatic rings. The monoisotopic (exact) mass is 420 g/mol. The number of carbonyl (C=O) groups is 1. The second kappa shape index (κ2) is 17.5. The van der Waals surface area contributed by atoms with E-state index in [1.54, 1.807) is 6.92 Å². The van der Waals surface area contributed by atoms with Crippen molar-refractivity contribution in [1.29, 1.82) is 0 Å². The highest BCUT2D eigenvalue weighted by Crippen LogP contribution is 2.24. The molecule has 0 aromatic heterocycles. The lowest BCUT2D eigenvalue weighted by Crippen LogP contribution is -2.55. The average molecular weight is 421 g/mol. The third-order valence-corrected chi connectivity index (χ3v) is 6.64. The number of allylic oxidation sites excluding steroid dienone is 2. The summed E-state index contributed by atoms with van der Waals surface area (Å²) in [7, 11) is 0. The highest BCUT2D eigenvalue weighted by Gasteiger charge is 2.37. The predicted octanol–water partition coefficient (Wildman–Crippen LogP) is 6.41.